The van der Waals surface area contributed by atoms with Gasteiger partial charge in [0, 0.05) is 31.2 Å². The number of nitrogens with one attached hydrogen (secondary N) is 2. The third kappa shape index (κ3) is 2.63. The average Bonchev–Trinajstić information content (AvgIpc) is 2.69. The number of urea groups is 1. The van der Waals surface area contributed by atoms with Gasteiger partial charge in [0.1, 0.15) is 0 Å². The molecular weight excluding hydrogens is 226 g/mol. The molecule has 3 aliphatic rings. The fourth-order valence-electron chi connectivity index (χ4n) is 3.81. The standard InChI is InChI=1S/C14H25N3O/c1-10-3-2-6-17(9-10)14(18)16-13-7-11-4-5-12(8-13)15-11/h10-13,15H,2-9H2,1H3,(H,16,18). The highest BCUT2D eigenvalue weighted by molar-refractivity contribution is 5.74. The lowest BCUT2D eigenvalue weighted by Crippen LogP contribution is -2.53. The minimum absolute atomic E-state index is 0.174. The molecule has 0 aromatic rings. The number of likely N-dealkylation sites (tertiary alicyclic amines) is 1. The molecule has 3 atom stereocenters. The molecule has 18 heavy (non-hydrogen) atoms. The molecule has 4 nitrogen and oxygen atoms in total. The summed E-state index contributed by atoms with van der Waals surface area (Å²) < 4.78 is 0. The summed E-state index contributed by atoms with van der Waals surface area (Å²) >= 11 is 0. The van der Waals surface area contributed by atoms with Crippen LogP contribution in [0, 0.1) is 5.92 Å². The fourth-order valence-corrected chi connectivity index (χ4v) is 3.81. The van der Waals surface area contributed by atoms with Crippen molar-refractivity contribution in [2.75, 3.05) is 13.1 Å². The lowest BCUT2D eigenvalue weighted by molar-refractivity contribution is 0.162. The van der Waals surface area contributed by atoms with Crippen LogP contribution in [0.25, 0.3) is 0 Å². The van der Waals surface area contributed by atoms with Crippen LogP contribution in [0.1, 0.15) is 45.4 Å². The normalized spacial score (nSPS) is 39.7. The van der Waals surface area contributed by atoms with Gasteiger partial charge in [-0.25, -0.2) is 4.79 Å². The Balaban J connectivity index is 1.51. The van der Waals surface area contributed by atoms with Gasteiger partial charge >= 0.3 is 6.03 Å². The van der Waals surface area contributed by atoms with E-state index in [1.165, 1.54) is 19.3 Å². The van der Waals surface area contributed by atoms with Crippen molar-refractivity contribution in [1.82, 2.24) is 15.5 Å². The predicted octanol–water partition coefficient (Wildman–Crippen LogP) is 1.71. The highest BCUT2D eigenvalue weighted by atomic mass is 16.2. The van der Waals surface area contributed by atoms with E-state index in [9.17, 15) is 4.79 Å². The van der Waals surface area contributed by atoms with Crippen molar-refractivity contribution < 1.29 is 4.79 Å². The summed E-state index contributed by atoms with van der Waals surface area (Å²) in [7, 11) is 0. The number of carbonyl (C=O) groups excluding carboxylic acids is 1. The lowest BCUT2D eigenvalue weighted by atomic mass is 9.99. The molecule has 3 fully saturated rings. The van der Waals surface area contributed by atoms with E-state index in [1.54, 1.807) is 0 Å². The summed E-state index contributed by atoms with van der Waals surface area (Å²) in [5.74, 6) is 0.661. The number of piperidine rings is 2. The van der Waals surface area contributed by atoms with Gasteiger partial charge in [-0.2, -0.15) is 0 Å². The van der Waals surface area contributed by atoms with Crippen molar-refractivity contribution in [2.45, 2.75) is 63.6 Å². The van der Waals surface area contributed by atoms with Gasteiger partial charge in [-0.3, -0.25) is 0 Å². The third-order valence-electron chi connectivity index (χ3n) is 4.74. The smallest absolute Gasteiger partial charge is 0.317 e. The van der Waals surface area contributed by atoms with Crippen molar-refractivity contribution in [1.29, 1.82) is 0 Å². The number of rotatable bonds is 1. The molecule has 3 aliphatic heterocycles. The molecule has 2 amide bonds. The zero-order valence-corrected chi connectivity index (χ0v) is 11.3. The van der Waals surface area contributed by atoms with Gasteiger partial charge in [0.25, 0.3) is 0 Å². The maximum absolute atomic E-state index is 12.2. The van der Waals surface area contributed by atoms with E-state index in [1.807, 2.05) is 4.90 Å². The van der Waals surface area contributed by atoms with Crippen LogP contribution >= 0.6 is 0 Å². The topological polar surface area (TPSA) is 44.4 Å². The Hall–Kier alpha value is -0.770. The highest BCUT2D eigenvalue weighted by Gasteiger charge is 2.34. The number of nitrogens with zero attached hydrogens (tertiary/aromatic N) is 1. The molecule has 0 saturated carbocycles. The van der Waals surface area contributed by atoms with Crippen LogP contribution in [-0.4, -0.2) is 42.1 Å². The highest BCUT2D eigenvalue weighted by Crippen LogP contribution is 2.27. The Labute approximate surface area is 109 Å². The fraction of sp³-hybridized carbons (Fsp3) is 0.929. The Kier molecular flexibility index (Phi) is 3.46. The minimum atomic E-state index is 0.174. The van der Waals surface area contributed by atoms with Crippen LogP contribution in [0.15, 0.2) is 0 Å². The van der Waals surface area contributed by atoms with Crippen molar-refractivity contribution in [3.05, 3.63) is 0 Å². The quantitative estimate of drug-likeness (QED) is 0.745. The van der Waals surface area contributed by atoms with Crippen molar-refractivity contribution in [2.24, 2.45) is 5.92 Å². The van der Waals surface area contributed by atoms with Crippen molar-refractivity contribution in [3.63, 3.8) is 0 Å². The first-order valence-electron chi connectivity index (χ1n) is 7.52. The maximum Gasteiger partial charge on any atom is 0.317 e. The van der Waals surface area contributed by atoms with E-state index in [0.717, 1.165) is 32.4 Å². The van der Waals surface area contributed by atoms with Crippen LogP contribution in [0.2, 0.25) is 0 Å². The molecule has 0 aromatic carbocycles. The SMILES string of the molecule is CC1CCCN(C(=O)NC2CC3CCC(C2)N3)C1. The molecule has 3 rings (SSSR count). The largest absolute Gasteiger partial charge is 0.335 e. The molecule has 0 radical (unpaired) electrons. The Morgan fingerprint density at radius 1 is 1.22 bits per heavy atom. The molecule has 3 unspecified atom stereocenters. The van der Waals surface area contributed by atoms with E-state index in [4.69, 9.17) is 0 Å². The maximum atomic E-state index is 12.2. The van der Waals surface area contributed by atoms with Crippen LogP contribution in [-0.2, 0) is 0 Å². The molecule has 4 heteroatoms. The van der Waals surface area contributed by atoms with Gasteiger partial charge in [0.2, 0.25) is 0 Å². The minimum Gasteiger partial charge on any atom is -0.335 e. The van der Waals surface area contributed by atoms with Crippen LogP contribution in [0.4, 0.5) is 4.79 Å². The summed E-state index contributed by atoms with van der Waals surface area (Å²) in [6.07, 6.45) is 7.24. The number of hydrogen-bond donors (Lipinski definition) is 2. The number of amides is 2. The molecule has 0 aliphatic carbocycles. The van der Waals surface area contributed by atoms with E-state index < -0.39 is 0 Å². The Bertz CT molecular complexity index is 308. The molecule has 102 valence electrons. The predicted molar refractivity (Wildman–Crippen MR) is 71.5 cm³/mol. The monoisotopic (exact) mass is 251 g/mol. The first-order valence-corrected chi connectivity index (χ1v) is 7.52. The molecular formula is C14H25N3O. The van der Waals surface area contributed by atoms with Crippen molar-refractivity contribution in [3.8, 4) is 0 Å². The summed E-state index contributed by atoms with van der Waals surface area (Å²) in [4.78, 5) is 14.3. The van der Waals surface area contributed by atoms with Gasteiger partial charge in [-0.05, 0) is 44.4 Å². The van der Waals surface area contributed by atoms with Gasteiger partial charge < -0.3 is 15.5 Å². The second-order valence-corrected chi connectivity index (χ2v) is 6.45. The summed E-state index contributed by atoms with van der Waals surface area (Å²) in [5, 5.41) is 6.87. The molecule has 2 N–H and O–H groups in total. The van der Waals surface area contributed by atoms with E-state index in [2.05, 4.69) is 17.6 Å². The summed E-state index contributed by atoms with van der Waals surface area (Å²) in [5.41, 5.74) is 0. The first-order chi connectivity index (χ1) is 8.70. The zero-order chi connectivity index (χ0) is 12.5. The van der Waals surface area contributed by atoms with Gasteiger partial charge in [-0.1, -0.05) is 6.92 Å². The van der Waals surface area contributed by atoms with Crippen molar-refractivity contribution >= 4 is 6.03 Å². The number of fused-ring (bicyclic) bond motifs is 2. The van der Waals surface area contributed by atoms with E-state index >= 15 is 0 Å². The van der Waals surface area contributed by atoms with Gasteiger partial charge in [0.15, 0.2) is 0 Å². The first kappa shape index (κ1) is 12.3. The third-order valence-corrected chi connectivity index (χ3v) is 4.74. The molecule has 3 heterocycles. The average molecular weight is 251 g/mol. The second-order valence-electron chi connectivity index (χ2n) is 6.45. The van der Waals surface area contributed by atoms with Crippen LogP contribution in [0.3, 0.4) is 0 Å². The number of carbonyl (C=O) groups is 1. The van der Waals surface area contributed by atoms with Crippen LogP contribution < -0.4 is 10.6 Å². The molecule has 0 spiro atoms. The molecule has 2 bridgehead atoms. The van der Waals surface area contributed by atoms with Gasteiger partial charge in [0.05, 0.1) is 0 Å². The Morgan fingerprint density at radius 3 is 2.61 bits per heavy atom. The zero-order valence-electron chi connectivity index (χ0n) is 11.3. The molecule has 0 aromatic heterocycles. The van der Waals surface area contributed by atoms with Gasteiger partial charge in [-0.15, -0.1) is 0 Å². The van der Waals surface area contributed by atoms with Crippen LogP contribution in [0.5, 0.6) is 0 Å². The van der Waals surface area contributed by atoms with E-state index in [0.29, 0.717) is 24.0 Å². The number of hydrogen-bond acceptors (Lipinski definition) is 2. The lowest BCUT2D eigenvalue weighted by Gasteiger charge is -2.35. The Morgan fingerprint density at radius 2 is 1.94 bits per heavy atom. The van der Waals surface area contributed by atoms with E-state index in [-0.39, 0.29) is 6.03 Å². The summed E-state index contributed by atoms with van der Waals surface area (Å²) in [6.45, 7) is 4.11. The molecule has 3 saturated heterocycles. The second kappa shape index (κ2) is 5.08. The summed E-state index contributed by atoms with van der Waals surface area (Å²) in [6, 6.07) is 1.87.